The number of rotatable bonds is 16. The van der Waals surface area contributed by atoms with Crippen molar-refractivity contribution >= 4 is 34.8 Å². The molecule has 0 saturated carbocycles. The number of nitrogens with one attached hydrogen (secondary N) is 2. The van der Waals surface area contributed by atoms with Gasteiger partial charge in [0.05, 0.1) is 6.04 Å². The SMILES string of the molecule is NCCCN[C@@H](CCCN)C(=O)NCCc1ccc(N(CCCl)CCCl)cc1. The Morgan fingerprint density at radius 2 is 1.64 bits per heavy atom. The summed E-state index contributed by atoms with van der Waals surface area (Å²) in [7, 11) is 0. The van der Waals surface area contributed by atoms with Crippen molar-refractivity contribution in [3.63, 3.8) is 0 Å². The number of hydrogen-bond donors (Lipinski definition) is 4. The van der Waals surface area contributed by atoms with Gasteiger partial charge in [0.15, 0.2) is 0 Å². The summed E-state index contributed by atoms with van der Waals surface area (Å²) in [5, 5.41) is 6.30. The van der Waals surface area contributed by atoms with E-state index in [1.54, 1.807) is 0 Å². The largest absolute Gasteiger partial charge is 0.369 e. The molecule has 0 unspecified atom stereocenters. The first-order valence-corrected chi connectivity index (χ1v) is 11.1. The smallest absolute Gasteiger partial charge is 0.237 e. The summed E-state index contributed by atoms with van der Waals surface area (Å²) >= 11 is 11.7. The minimum atomic E-state index is -0.211. The quantitative estimate of drug-likeness (QED) is 0.236. The fourth-order valence-electron chi connectivity index (χ4n) is 2.93. The number of benzene rings is 1. The molecular formula is C20H35Cl2N5O. The van der Waals surface area contributed by atoms with Crippen molar-refractivity contribution in [1.82, 2.24) is 10.6 Å². The zero-order valence-electron chi connectivity index (χ0n) is 16.6. The Labute approximate surface area is 179 Å². The number of carbonyl (C=O) groups excluding carboxylic acids is 1. The number of alkyl halides is 2. The van der Waals surface area contributed by atoms with E-state index in [1.807, 2.05) is 0 Å². The topological polar surface area (TPSA) is 96.4 Å². The van der Waals surface area contributed by atoms with Gasteiger partial charge in [0, 0.05) is 37.1 Å². The zero-order chi connectivity index (χ0) is 20.6. The molecule has 0 bridgehead atoms. The van der Waals surface area contributed by atoms with E-state index in [0.717, 1.165) is 51.0 Å². The molecule has 0 aliphatic rings. The molecule has 8 heteroatoms. The third-order valence-electron chi connectivity index (χ3n) is 4.51. The highest BCUT2D eigenvalue weighted by molar-refractivity contribution is 6.18. The van der Waals surface area contributed by atoms with Gasteiger partial charge in [-0.05, 0) is 63.0 Å². The second kappa shape index (κ2) is 15.8. The van der Waals surface area contributed by atoms with Crippen LogP contribution in [0.1, 0.15) is 24.8 Å². The number of amides is 1. The van der Waals surface area contributed by atoms with Crippen molar-refractivity contribution in [3.8, 4) is 0 Å². The molecule has 1 amide bonds. The summed E-state index contributed by atoms with van der Waals surface area (Å²) in [6.07, 6.45) is 3.18. The highest BCUT2D eigenvalue weighted by Gasteiger charge is 2.16. The van der Waals surface area contributed by atoms with E-state index in [-0.39, 0.29) is 11.9 Å². The standard InChI is InChI=1S/C20H35Cl2N5O/c21-9-15-27(16-10-22)18-6-4-17(5-7-18)8-14-26-20(28)19(3-1-11-23)25-13-2-12-24/h4-7,19,25H,1-3,8-16,23-24H2,(H,26,28)/t19-/m0/s1. The van der Waals surface area contributed by atoms with E-state index in [1.165, 1.54) is 5.56 Å². The summed E-state index contributed by atoms with van der Waals surface area (Å²) in [5.41, 5.74) is 13.4. The number of halogens is 2. The van der Waals surface area contributed by atoms with Crippen molar-refractivity contribution < 1.29 is 4.79 Å². The van der Waals surface area contributed by atoms with Crippen molar-refractivity contribution in [1.29, 1.82) is 0 Å². The Morgan fingerprint density at radius 1 is 1.00 bits per heavy atom. The summed E-state index contributed by atoms with van der Waals surface area (Å²) in [6.45, 7) is 4.07. The van der Waals surface area contributed by atoms with E-state index in [4.69, 9.17) is 34.7 Å². The van der Waals surface area contributed by atoms with E-state index in [2.05, 4.69) is 39.8 Å². The third-order valence-corrected chi connectivity index (χ3v) is 4.85. The molecular weight excluding hydrogens is 397 g/mol. The van der Waals surface area contributed by atoms with Crippen LogP contribution in [-0.2, 0) is 11.2 Å². The minimum absolute atomic E-state index is 0.0255. The third kappa shape index (κ3) is 9.94. The molecule has 0 saturated heterocycles. The van der Waals surface area contributed by atoms with Gasteiger partial charge in [-0.15, -0.1) is 23.2 Å². The van der Waals surface area contributed by atoms with Crippen LogP contribution in [0.15, 0.2) is 24.3 Å². The van der Waals surface area contributed by atoms with E-state index >= 15 is 0 Å². The van der Waals surface area contributed by atoms with Crippen LogP contribution in [0.4, 0.5) is 5.69 Å². The van der Waals surface area contributed by atoms with Gasteiger partial charge in [-0.3, -0.25) is 4.79 Å². The van der Waals surface area contributed by atoms with Gasteiger partial charge < -0.3 is 27.0 Å². The van der Waals surface area contributed by atoms with Gasteiger partial charge in [-0.2, -0.15) is 0 Å². The predicted octanol–water partition coefficient (Wildman–Crippen LogP) is 1.68. The molecule has 1 aromatic rings. The normalized spacial score (nSPS) is 12.0. The Balaban J connectivity index is 2.48. The van der Waals surface area contributed by atoms with Crippen molar-refractivity contribution in [3.05, 3.63) is 29.8 Å². The van der Waals surface area contributed by atoms with Crippen molar-refractivity contribution in [2.75, 3.05) is 55.9 Å². The molecule has 0 radical (unpaired) electrons. The first-order chi connectivity index (χ1) is 13.7. The second-order valence-corrected chi connectivity index (χ2v) is 7.41. The molecule has 1 rings (SSSR count). The first-order valence-electron chi connectivity index (χ1n) is 10.0. The van der Waals surface area contributed by atoms with Crippen molar-refractivity contribution in [2.45, 2.75) is 31.7 Å². The van der Waals surface area contributed by atoms with Crippen LogP contribution >= 0.6 is 23.2 Å². The van der Waals surface area contributed by atoms with E-state index in [0.29, 0.717) is 31.4 Å². The lowest BCUT2D eigenvalue weighted by Gasteiger charge is -2.23. The summed E-state index contributed by atoms with van der Waals surface area (Å²) < 4.78 is 0. The Hall–Kier alpha value is -1.05. The van der Waals surface area contributed by atoms with Gasteiger partial charge >= 0.3 is 0 Å². The van der Waals surface area contributed by atoms with Crippen molar-refractivity contribution in [2.24, 2.45) is 11.5 Å². The Bertz CT molecular complexity index is 524. The summed E-state index contributed by atoms with van der Waals surface area (Å²) in [5.74, 6) is 1.16. The predicted molar refractivity (Wildman–Crippen MR) is 121 cm³/mol. The first kappa shape index (κ1) is 25.0. The van der Waals surface area contributed by atoms with Gasteiger partial charge in [0.25, 0.3) is 0 Å². The Morgan fingerprint density at radius 3 is 2.21 bits per heavy atom. The maximum atomic E-state index is 12.4. The van der Waals surface area contributed by atoms with E-state index in [9.17, 15) is 4.79 Å². The minimum Gasteiger partial charge on any atom is -0.369 e. The molecule has 0 aromatic heterocycles. The molecule has 0 fully saturated rings. The molecule has 6 nitrogen and oxygen atoms in total. The summed E-state index contributed by atoms with van der Waals surface area (Å²) in [4.78, 5) is 14.6. The van der Waals surface area contributed by atoms with Crippen LogP contribution in [0.2, 0.25) is 0 Å². The van der Waals surface area contributed by atoms with Crippen LogP contribution < -0.4 is 27.0 Å². The molecule has 1 atom stereocenters. The monoisotopic (exact) mass is 431 g/mol. The van der Waals surface area contributed by atoms with E-state index < -0.39 is 0 Å². The average molecular weight is 432 g/mol. The number of nitrogens with zero attached hydrogens (tertiary/aromatic N) is 1. The van der Waals surface area contributed by atoms with Crippen LogP contribution in [-0.4, -0.2) is 63.0 Å². The highest BCUT2D eigenvalue weighted by Crippen LogP contribution is 2.16. The molecule has 160 valence electrons. The van der Waals surface area contributed by atoms with Crippen LogP contribution in [0.5, 0.6) is 0 Å². The highest BCUT2D eigenvalue weighted by atomic mass is 35.5. The maximum Gasteiger partial charge on any atom is 0.237 e. The lowest BCUT2D eigenvalue weighted by molar-refractivity contribution is -0.123. The van der Waals surface area contributed by atoms with Gasteiger partial charge in [0.1, 0.15) is 0 Å². The van der Waals surface area contributed by atoms with Gasteiger partial charge in [-0.1, -0.05) is 12.1 Å². The molecule has 0 aliphatic carbocycles. The second-order valence-electron chi connectivity index (χ2n) is 6.65. The molecule has 6 N–H and O–H groups in total. The average Bonchev–Trinajstić information content (AvgIpc) is 2.71. The Kier molecular flexibility index (Phi) is 14.1. The maximum absolute atomic E-state index is 12.4. The van der Waals surface area contributed by atoms with Gasteiger partial charge in [0.2, 0.25) is 5.91 Å². The van der Waals surface area contributed by atoms with Crippen LogP contribution in [0, 0.1) is 0 Å². The lowest BCUT2D eigenvalue weighted by Crippen LogP contribution is -2.45. The number of anilines is 1. The number of carbonyl (C=O) groups is 1. The fraction of sp³-hybridized carbons (Fsp3) is 0.650. The fourth-order valence-corrected chi connectivity index (χ4v) is 3.33. The molecule has 28 heavy (non-hydrogen) atoms. The van der Waals surface area contributed by atoms with Crippen LogP contribution in [0.25, 0.3) is 0 Å². The van der Waals surface area contributed by atoms with Gasteiger partial charge in [-0.25, -0.2) is 0 Å². The number of nitrogens with two attached hydrogens (primary N) is 2. The molecule has 0 spiro atoms. The molecule has 0 heterocycles. The molecule has 0 aliphatic heterocycles. The number of hydrogen-bond acceptors (Lipinski definition) is 5. The lowest BCUT2D eigenvalue weighted by atomic mass is 10.1. The zero-order valence-corrected chi connectivity index (χ0v) is 18.1. The van der Waals surface area contributed by atoms with Crippen LogP contribution in [0.3, 0.4) is 0 Å². The summed E-state index contributed by atoms with van der Waals surface area (Å²) in [6, 6.07) is 8.12. The molecule has 1 aromatic carbocycles.